The average Bonchev–Trinajstić information content (AvgIpc) is 1.96. The van der Waals surface area contributed by atoms with Crippen molar-refractivity contribution in [3.63, 3.8) is 0 Å². The number of carbonyl (C=O) groups excluding carboxylic acids is 1. The molecular formula is C8H16N2O3. The molecule has 1 amide bonds. The van der Waals surface area contributed by atoms with Gasteiger partial charge in [-0.1, -0.05) is 20.8 Å². The second-order valence-corrected chi connectivity index (χ2v) is 3.89. The van der Waals surface area contributed by atoms with Gasteiger partial charge in [0.05, 0.1) is 6.42 Å². The van der Waals surface area contributed by atoms with Crippen LogP contribution in [0.1, 0.15) is 27.2 Å². The minimum atomic E-state index is -0.961. The molecule has 0 spiro atoms. The maximum atomic E-state index is 11.4. The molecule has 0 aliphatic carbocycles. The van der Waals surface area contributed by atoms with Gasteiger partial charge in [0.15, 0.2) is 0 Å². The van der Waals surface area contributed by atoms with Crippen molar-refractivity contribution in [1.29, 1.82) is 0 Å². The largest absolute Gasteiger partial charge is 0.481 e. The van der Waals surface area contributed by atoms with E-state index in [1.807, 2.05) is 0 Å². The summed E-state index contributed by atoms with van der Waals surface area (Å²) in [6, 6.07) is 0. The third-order valence-electron chi connectivity index (χ3n) is 1.47. The molecule has 0 saturated carbocycles. The van der Waals surface area contributed by atoms with E-state index in [9.17, 15) is 9.59 Å². The lowest BCUT2D eigenvalue weighted by Crippen LogP contribution is -2.45. The first-order valence-corrected chi connectivity index (χ1v) is 4.03. The molecule has 0 aliphatic rings. The van der Waals surface area contributed by atoms with E-state index in [0.29, 0.717) is 0 Å². The van der Waals surface area contributed by atoms with Crippen molar-refractivity contribution < 1.29 is 14.7 Å². The third kappa shape index (κ3) is 4.47. The van der Waals surface area contributed by atoms with Gasteiger partial charge in [-0.25, -0.2) is 5.84 Å². The van der Waals surface area contributed by atoms with Crippen molar-refractivity contribution >= 4 is 11.9 Å². The predicted octanol–water partition coefficient (Wildman–Crippen LogP) is 0.209. The molecule has 13 heavy (non-hydrogen) atoms. The van der Waals surface area contributed by atoms with Crippen molar-refractivity contribution in [3.8, 4) is 0 Å². The van der Waals surface area contributed by atoms with E-state index in [0.717, 1.165) is 5.01 Å². The summed E-state index contributed by atoms with van der Waals surface area (Å²) in [6.45, 7) is 5.24. The van der Waals surface area contributed by atoms with Gasteiger partial charge in [0.1, 0.15) is 0 Å². The lowest BCUT2D eigenvalue weighted by Gasteiger charge is -2.24. The number of amides is 1. The summed E-state index contributed by atoms with van der Waals surface area (Å²) >= 11 is 0. The minimum absolute atomic E-state index is 0.0471. The number of nitrogens with two attached hydrogens (primary N) is 1. The standard InChI is InChI=1S/C8H16N2O3/c1-8(2,3)7(13)10(9)5-4-6(11)12/h4-5,9H2,1-3H3,(H,11,12). The molecule has 0 aliphatic heterocycles. The predicted molar refractivity (Wildman–Crippen MR) is 47.6 cm³/mol. The molecule has 0 aromatic carbocycles. The zero-order valence-electron chi connectivity index (χ0n) is 8.20. The van der Waals surface area contributed by atoms with Gasteiger partial charge >= 0.3 is 5.97 Å². The Labute approximate surface area is 77.5 Å². The van der Waals surface area contributed by atoms with Crippen LogP contribution in [0.4, 0.5) is 0 Å². The van der Waals surface area contributed by atoms with Gasteiger partial charge in [0.2, 0.25) is 5.91 Å². The fourth-order valence-electron chi connectivity index (χ4n) is 0.748. The van der Waals surface area contributed by atoms with Crippen LogP contribution in [0, 0.1) is 5.41 Å². The third-order valence-corrected chi connectivity index (χ3v) is 1.47. The van der Waals surface area contributed by atoms with E-state index in [1.165, 1.54) is 0 Å². The molecule has 0 radical (unpaired) electrons. The van der Waals surface area contributed by atoms with Gasteiger partial charge in [-0.05, 0) is 0 Å². The van der Waals surface area contributed by atoms with E-state index in [1.54, 1.807) is 20.8 Å². The average molecular weight is 188 g/mol. The van der Waals surface area contributed by atoms with Crippen LogP contribution < -0.4 is 5.84 Å². The van der Waals surface area contributed by atoms with Crippen LogP contribution in [0.15, 0.2) is 0 Å². The fourth-order valence-corrected chi connectivity index (χ4v) is 0.748. The van der Waals surface area contributed by atoms with Crippen molar-refractivity contribution in [3.05, 3.63) is 0 Å². The number of nitrogens with zero attached hydrogens (tertiary/aromatic N) is 1. The van der Waals surface area contributed by atoms with Crippen LogP contribution in [0.5, 0.6) is 0 Å². The fraction of sp³-hybridized carbons (Fsp3) is 0.750. The summed E-state index contributed by atoms with van der Waals surface area (Å²) in [5, 5.41) is 9.31. The number of rotatable bonds is 3. The summed E-state index contributed by atoms with van der Waals surface area (Å²) in [4.78, 5) is 21.6. The van der Waals surface area contributed by atoms with Crippen molar-refractivity contribution in [2.24, 2.45) is 11.3 Å². The Morgan fingerprint density at radius 3 is 2.15 bits per heavy atom. The molecule has 3 N–H and O–H groups in total. The van der Waals surface area contributed by atoms with Crippen LogP contribution >= 0.6 is 0 Å². The number of carboxylic acids is 1. The molecule has 5 nitrogen and oxygen atoms in total. The Morgan fingerprint density at radius 2 is 1.85 bits per heavy atom. The van der Waals surface area contributed by atoms with Crippen LogP contribution in [-0.4, -0.2) is 28.5 Å². The molecule has 0 aromatic rings. The number of hydrogen-bond acceptors (Lipinski definition) is 3. The van der Waals surface area contributed by atoms with Crippen LogP contribution in [-0.2, 0) is 9.59 Å². The topological polar surface area (TPSA) is 83.6 Å². The second kappa shape index (κ2) is 4.23. The van der Waals surface area contributed by atoms with Crippen LogP contribution in [0.3, 0.4) is 0 Å². The molecule has 5 heteroatoms. The van der Waals surface area contributed by atoms with Crippen molar-refractivity contribution in [2.45, 2.75) is 27.2 Å². The van der Waals surface area contributed by atoms with E-state index < -0.39 is 11.4 Å². The van der Waals surface area contributed by atoms with Crippen molar-refractivity contribution in [1.82, 2.24) is 5.01 Å². The van der Waals surface area contributed by atoms with E-state index in [2.05, 4.69) is 0 Å². The second-order valence-electron chi connectivity index (χ2n) is 3.89. The number of carbonyl (C=O) groups is 2. The summed E-state index contributed by atoms with van der Waals surface area (Å²) < 4.78 is 0. The molecule has 76 valence electrons. The number of hydrazine groups is 1. The highest BCUT2D eigenvalue weighted by atomic mass is 16.4. The first-order valence-electron chi connectivity index (χ1n) is 4.03. The summed E-state index contributed by atoms with van der Waals surface area (Å²) in [5.74, 6) is 4.16. The lowest BCUT2D eigenvalue weighted by atomic mass is 9.95. The smallest absolute Gasteiger partial charge is 0.305 e. The molecular weight excluding hydrogens is 172 g/mol. The number of carboxylic acid groups (broad SMARTS) is 1. The van der Waals surface area contributed by atoms with Gasteiger partial charge in [0.25, 0.3) is 0 Å². The van der Waals surface area contributed by atoms with E-state index in [4.69, 9.17) is 10.9 Å². The first-order chi connectivity index (χ1) is 5.75. The normalized spacial score (nSPS) is 11.1. The maximum Gasteiger partial charge on any atom is 0.305 e. The molecule has 0 fully saturated rings. The lowest BCUT2D eigenvalue weighted by molar-refractivity contribution is -0.142. The summed E-state index contributed by atoms with van der Waals surface area (Å²) in [5.41, 5.74) is -0.562. The Balaban J connectivity index is 4.05. The first kappa shape index (κ1) is 11.9. The molecule has 0 heterocycles. The SMILES string of the molecule is CC(C)(C)C(=O)N(N)CCC(=O)O. The zero-order chi connectivity index (χ0) is 10.6. The minimum Gasteiger partial charge on any atom is -0.481 e. The Bertz CT molecular complexity index is 208. The quantitative estimate of drug-likeness (QED) is 0.376. The van der Waals surface area contributed by atoms with Gasteiger partial charge in [0, 0.05) is 12.0 Å². The Morgan fingerprint density at radius 1 is 1.38 bits per heavy atom. The summed E-state index contributed by atoms with van der Waals surface area (Å²) in [6.07, 6.45) is -0.127. The highest BCUT2D eigenvalue weighted by Crippen LogP contribution is 2.15. The van der Waals surface area contributed by atoms with E-state index >= 15 is 0 Å². The van der Waals surface area contributed by atoms with Gasteiger partial charge in [-0.15, -0.1) is 0 Å². The molecule has 0 bridgehead atoms. The van der Waals surface area contributed by atoms with Crippen LogP contribution in [0.2, 0.25) is 0 Å². The van der Waals surface area contributed by atoms with Gasteiger partial charge < -0.3 is 5.11 Å². The van der Waals surface area contributed by atoms with Gasteiger partial charge in [-0.2, -0.15) is 0 Å². The van der Waals surface area contributed by atoms with Gasteiger partial charge in [-0.3, -0.25) is 14.6 Å². The molecule has 0 saturated heterocycles. The summed E-state index contributed by atoms with van der Waals surface area (Å²) in [7, 11) is 0. The Kier molecular flexibility index (Phi) is 3.87. The monoisotopic (exact) mass is 188 g/mol. The number of aliphatic carboxylic acids is 1. The molecule has 0 rings (SSSR count). The zero-order valence-corrected chi connectivity index (χ0v) is 8.20. The highest BCUT2D eigenvalue weighted by Gasteiger charge is 2.25. The van der Waals surface area contributed by atoms with E-state index in [-0.39, 0.29) is 18.9 Å². The Hall–Kier alpha value is -1.10. The van der Waals surface area contributed by atoms with Crippen molar-refractivity contribution in [2.75, 3.05) is 6.54 Å². The highest BCUT2D eigenvalue weighted by molar-refractivity contribution is 5.81. The molecule has 0 aromatic heterocycles. The number of hydrogen-bond donors (Lipinski definition) is 2. The molecule has 0 unspecified atom stereocenters. The maximum absolute atomic E-state index is 11.4. The van der Waals surface area contributed by atoms with Crippen LogP contribution in [0.25, 0.3) is 0 Å². The molecule has 0 atom stereocenters.